The van der Waals surface area contributed by atoms with Crippen molar-refractivity contribution in [1.29, 1.82) is 0 Å². The number of anilines is 1. The summed E-state index contributed by atoms with van der Waals surface area (Å²) in [5, 5.41) is 2.92. The second-order valence-electron chi connectivity index (χ2n) is 4.89. The Labute approximate surface area is 108 Å². The van der Waals surface area contributed by atoms with E-state index < -0.39 is 5.82 Å². The van der Waals surface area contributed by atoms with E-state index in [2.05, 4.69) is 5.32 Å². The fraction of sp³-hybridized carbons (Fsp3) is 0.500. The van der Waals surface area contributed by atoms with E-state index >= 15 is 0 Å². The monoisotopic (exact) mass is 252 g/mol. The summed E-state index contributed by atoms with van der Waals surface area (Å²) in [4.78, 5) is 12.1. The zero-order valence-electron chi connectivity index (χ0n) is 11.4. The second-order valence-corrected chi connectivity index (χ2v) is 4.89. The maximum Gasteiger partial charge on any atom is 0.251 e. The average Bonchev–Trinajstić information content (AvgIpc) is 2.35. The molecule has 3 N–H and O–H groups in total. The van der Waals surface area contributed by atoms with E-state index in [-0.39, 0.29) is 17.0 Å². The fourth-order valence-electron chi connectivity index (χ4n) is 1.60. The molecule has 4 heteroatoms. The molecule has 0 unspecified atom stereocenters. The van der Waals surface area contributed by atoms with Gasteiger partial charge in [0.2, 0.25) is 0 Å². The zero-order chi connectivity index (χ0) is 13.9. The smallest absolute Gasteiger partial charge is 0.251 e. The van der Waals surface area contributed by atoms with Gasteiger partial charge in [0, 0.05) is 22.4 Å². The van der Waals surface area contributed by atoms with Crippen molar-refractivity contribution in [2.45, 2.75) is 46.1 Å². The summed E-state index contributed by atoms with van der Waals surface area (Å²) in [6.45, 7) is 7.58. The normalized spacial score (nSPS) is 11.4. The lowest BCUT2D eigenvalue weighted by atomic mass is 9.95. The van der Waals surface area contributed by atoms with Crippen LogP contribution in [0, 0.1) is 12.7 Å². The van der Waals surface area contributed by atoms with Gasteiger partial charge >= 0.3 is 0 Å². The number of hydrogen-bond acceptors (Lipinski definition) is 2. The number of amides is 1. The number of carbonyl (C=O) groups is 1. The van der Waals surface area contributed by atoms with E-state index in [1.807, 2.05) is 20.8 Å². The van der Waals surface area contributed by atoms with Gasteiger partial charge in [0.1, 0.15) is 5.82 Å². The molecule has 0 saturated carbocycles. The van der Waals surface area contributed by atoms with Crippen molar-refractivity contribution in [2.75, 3.05) is 5.73 Å². The SMILES string of the molecule is CCC(C)(CC)NC(=O)c1cc(N)c(C)c(F)c1. The third kappa shape index (κ3) is 3.00. The molecule has 1 rings (SSSR count). The molecule has 0 radical (unpaired) electrons. The summed E-state index contributed by atoms with van der Waals surface area (Å²) in [7, 11) is 0. The van der Waals surface area contributed by atoms with Gasteiger partial charge < -0.3 is 11.1 Å². The Morgan fingerprint density at radius 1 is 1.39 bits per heavy atom. The van der Waals surface area contributed by atoms with Gasteiger partial charge in [0.25, 0.3) is 5.91 Å². The lowest BCUT2D eigenvalue weighted by Crippen LogP contribution is -2.45. The molecule has 0 aromatic heterocycles. The first-order valence-corrected chi connectivity index (χ1v) is 6.21. The minimum atomic E-state index is -0.449. The Balaban J connectivity index is 2.98. The molecule has 0 heterocycles. The van der Waals surface area contributed by atoms with Crippen LogP contribution in [0.25, 0.3) is 0 Å². The molecule has 0 aliphatic carbocycles. The molecule has 0 fully saturated rings. The number of nitrogens with one attached hydrogen (secondary N) is 1. The van der Waals surface area contributed by atoms with E-state index in [0.29, 0.717) is 11.3 Å². The molecule has 1 aromatic rings. The van der Waals surface area contributed by atoms with Gasteiger partial charge in [-0.1, -0.05) is 13.8 Å². The summed E-state index contributed by atoms with van der Waals surface area (Å²) < 4.78 is 13.5. The Hall–Kier alpha value is -1.58. The van der Waals surface area contributed by atoms with Gasteiger partial charge in [-0.05, 0) is 38.8 Å². The van der Waals surface area contributed by atoms with Gasteiger partial charge in [-0.25, -0.2) is 4.39 Å². The Kier molecular flexibility index (Phi) is 4.33. The molecule has 0 aliphatic heterocycles. The Morgan fingerprint density at radius 3 is 2.39 bits per heavy atom. The van der Waals surface area contributed by atoms with Crippen LogP contribution in [0.2, 0.25) is 0 Å². The number of hydrogen-bond donors (Lipinski definition) is 2. The van der Waals surface area contributed by atoms with Gasteiger partial charge in [0.15, 0.2) is 0 Å². The second kappa shape index (κ2) is 5.38. The highest BCUT2D eigenvalue weighted by Gasteiger charge is 2.23. The summed E-state index contributed by atoms with van der Waals surface area (Å²) >= 11 is 0. The lowest BCUT2D eigenvalue weighted by molar-refractivity contribution is 0.0900. The number of benzene rings is 1. The van der Waals surface area contributed by atoms with Crippen LogP contribution in [0.1, 0.15) is 49.5 Å². The van der Waals surface area contributed by atoms with Crippen LogP contribution < -0.4 is 11.1 Å². The van der Waals surface area contributed by atoms with Crippen molar-refractivity contribution in [2.24, 2.45) is 0 Å². The maximum absolute atomic E-state index is 13.5. The summed E-state index contributed by atoms with van der Waals surface area (Å²) in [5.74, 6) is -0.735. The largest absolute Gasteiger partial charge is 0.398 e. The molecule has 0 atom stereocenters. The zero-order valence-corrected chi connectivity index (χ0v) is 11.4. The highest BCUT2D eigenvalue weighted by molar-refractivity contribution is 5.95. The van der Waals surface area contributed by atoms with E-state index in [4.69, 9.17) is 5.73 Å². The van der Waals surface area contributed by atoms with Crippen molar-refractivity contribution >= 4 is 11.6 Å². The molecule has 0 bridgehead atoms. The van der Waals surface area contributed by atoms with Crippen LogP contribution in [0.4, 0.5) is 10.1 Å². The number of carbonyl (C=O) groups excluding carboxylic acids is 1. The number of halogens is 1. The predicted octanol–water partition coefficient (Wildman–Crippen LogP) is 3.02. The third-order valence-electron chi connectivity index (χ3n) is 3.62. The van der Waals surface area contributed by atoms with Crippen LogP contribution >= 0.6 is 0 Å². The molecule has 100 valence electrons. The van der Waals surface area contributed by atoms with Gasteiger partial charge in [-0.2, -0.15) is 0 Å². The minimum absolute atomic E-state index is 0.267. The minimum Gasteiger partial charge on any atom is -0.398 e. The first-order valence-electron chi connectivity index (χ1n) is 6.21. The van der Waals surface area contributed by atoms with E-state index in [1.54, 1.807) is 6.92 Å². The summed E-state index contributed by atoms with van der Waals surface area (Å²) in [5.41, 5.74) is 6.34. The lowest BCUT2D eigenvalue weighted by Gasteiger charge is -2.28. The number of nitrogens with two attached hydrogens (primary N) is 1. The van der Waals surface area contributed by atoms with Crippen LogP contribution in [0.3, 0.4) is 0 Å². The van der Waals surface area contributed by atoms with Crippen molar-refractivity contribution in [1.82, 2.24) is 5.32 Å². The van der Waals surface area contributed by atoms with E-state index in [9.17, 15) is 9.18 Å². The Morgan fingerprint density at radius 2 is 1.94 bits per heavy atom. The van der Waals surface area contributed by atoms with Crippen LogP contribution in [-0.4, -0.2) is 11.4 Å². The van der Waals surface area contributed by atoms with Crippen LogP contribution in [0.15, 0.2) is 12.1 Å². The molecule has 3 nitrogen and oxygen atoms in total. The van der Waals surface area contributed by atoms with Crippen molar-refractivity contribution in [3.63, 3.8) is 0 Å². The summed E-state index contributed by atoms with van der Waals surface area (Å²) in [6.07, 6.45) is 1.64. The highest BCUT2D eigenvalue weighted by atomic mass is 19.1. The molecular formula is C14H21FN2O. The van der Waals surface area contributed by atoms with Crippen molar-refractivity contribution in [3.05, 3.63) is 29.1 Å². The standard InChI is InChI=1S/C14H21FN2O/c1-5-14(4,6-2)17-13(18)10-7-11(15)9(3)12(16)8-10/h7-8H,5-6,16H2,1-4H3,(H,17,18). The highest BCUT2D eigenvalue weighted by Crippen LogP contribution is 2.19. The third-order valence-corrected chi connectivity index (χ3v) is 3.62. The number of nitrogen functional groups attached to an aromatic ring is 1. The Bertz CT molecular complexity index is 430. The molecular weight excluding hydrogens is 231 g/mol. The van der Waals surface area contributed by atoms with Crippen LogP contribution in [0.5, 0.6) is 0 Å². The predicted molar refractivity (Wildman–Crippen MR) is 72.0 cm³/mol. The van der Waals surface area contributed by atoms with Gasteiger partial charge in [-0.15, -0.1) is 0 Å². The van der Waals surface area contributed by atoms with E-state index in [1.165, 1.54) is 12.1 Å². The molecule has 18 heavy (non-hydrogen) atoms. The first-order chi connectivity index (χ1) is 8.33. The van der Waals surface area contributed by atoms with Gasteiger partial charge in [-0.3, -0.25) is 4.79 Å². The first kappa shape index (κ1) is 14.5. The molecule has 1 aromatic carbocycles. The molecule has 0 aliphatic rings. The van der Waals surface area contributed by atoms with E-state index in [0.717, 1.165) is 12.8 Å². The maximum atomic E-state index is 13.5. The quantitative estimate of drug-likeness (QED) is 0.809. The van der Waals surface area contributed by atoms with Crippen molar-refractivity contribution in [3.8, 4) is 0 Å². The van der Waals surface area contributed by atoms with Gasteiger partial charge in [0.05, 0.1) is 0 Å². The molecule has 0 spiro atoms. The molecule has 1 amide bonds. The van der Waals surface area contributed by atoms with Crippen LogP contribution in [-0.2, 0) is 0 Å². The van der Waals surface area contributed by atoms with Crippen molar-refractivity contribution < 1.29 is 9.18 Å². The average molecular weight is 252 g/mol. The number of rotatable bonds is 4. The molecule has 0 saturated heterocycles. The summed E-state index contributed by atoms with van der Waals surface area (Å²) in [6, 6.07) is 2.74. The fourth-order valence-corrected chi connectivity index (χ4v) is 1.60. The topological polar surface area (TPSA) is 55.1 Å².